The molecule has 1 aromatic carbocycles. The lowest BCUT2D eigenvalue weighted by Gasteiger charge is -2.25. The Balaban J connectivity index is 2.32. The number of nitrogens with two attached hydrogens (primary N) is 1. The third-order valence-electron chi connectivity index (χ3n) is 5.18. The van der Waals surface area contributed by atoms with Gasteiger partial charge in [0.05, 0.1) is 0 Å². The third-order valence-corrected chi connectivity index (χ3v) is 5.43. The number of nitrogens with one attached hydrogen (secondary N) is 1. The molecule has 174 valence electrons. The molecule has 0 saturated heterocycles. The number of hydrogen-bond donors (Lipinski definition) is 2. The normalized spacial score (nSPS) is 11.0. The molecule has 0 radical (unpaired) electrons. The molecule has 0 atom stereocenters. The first-order valence-corrected chi connectivity index (χ1v) is 11.2. The van der Waals surface area contributed by atoms with Crippen LogP contribution in [0.1, 0.15) is 63.2 Å². The number of hydrogen-bond acceptors (Lipinski definition) is 5. The van der Waals surface area contributed by atoms with E-state index in [4.69, 9.17) is 17.3 Å². The standard InChI is InChI=1S/C23H31ClN4O4/c1-4-5-13-28-21(25)20(22(31)26-23(28)32)27(14-12-15(2)3)19(30)11-10-18(29)16-6-8-17(24)9-7-16/h6-9,15H,4-5,10-14,25H2,1-3H3,(H,26,31,32). The number of nitrogen functional groups attached to an aromatic ring is 1. The summed E-state index contributed by atoms with van der Waals surface area (Å²) in [6, 6.07) is 6.45. The Bertz CT molecular complexity index is 1060. The molecule has 3 N–H and O–H groups in total. The number of aromatic amines is 1. The van der Waals surface area contributed by atoms with E-state index in [2.05, 4.69) is 4.98 Å². The van der Waals surface area contributed by atoms with E-state index in [1.54, 1.807) is 24.3 Å². The Morgan fingerprint density at radius 3 is 2.41 bits per heavy atom. The van der Waals surface area contributed by atoms with Crippen molar-refractivity contribution < 1.29 is 9.59 Å². The number of aromatic nitrogens is 2. The predicted octanol–water partition coefficient (Wildman–Crippen LogP) is 3.61. The van der Waals surface area contributed by atoms with Gasteiger partial charge in [-0.05, 0) is 43.0 Å². The molecule has 0 saturated carbocycles. The molecule has 1 heterocycles. The third kappa shape index (κ3) is 6.56. The largest absolute Gasteiger partial charge is 0.383 e. The molecule has 0 aliphatic carbocycles. The monoisotopic (exact) mass is 462 g/mol. The van der Waals surface area contributed by atoms with Gasteiger partial charge < -0.3 is 10.6 Å². The van der Waals surface area contributed by atoms with Crippen LogP contribution in [-0.4, -0.2) is 27.8 Å². The topological polar surface area (TPSA) is 118 Å². The van der Waals surface area contributed by atoms with Crippen molar-refractivity contribution in [3.8, 4) is 0 Å². The second-order valence-corrected chi connectivity index (χ2v) is 8.59. The van der Waals surface area contributed by atoms with E-state index in [0.717, 1.165) is 6.42 Å². The number of carbonyl (C=O) groups is 2. The number of amides is 1. The minimum atomic E-state index is -0.707. The zero-order chi connectivity index (χ0) is 23.8. The second-order valence-electron chi connectivity index (χ2n) is 8.16. The van der Waals surface area contributed by atoms with Crippen molar-refractivity contribution in [3.05, 3.63) is 55.7 Å². The van der Waals surface area contributed by atoms with Gasteiger partial charge in [0.15, 0.2) is 11.5 Å². The zero-order valence-electron chi connectivity index (χ0n) is 18.8. The van der Waals surface area contributed by atoms with Crippen molar-refractivity contribution in [2.45, 2.75) is 59.4 Å². The predicted molar refractivity (Wildman–Crippen MR) is 127 cm³/mol. The molecule has 0 spiro atoms. The first kappa shape index (κ1) is 25.4. The first-order valence-electron chi connectivity index (χ1n) is 10.9. The lowest BCUT2D eigenvalue weighted by molar-refractivity contribution is -0.118. The summed E-state index contributed by atoms with van der Waals surface area (Å²) in [5, 5.41) is 0.519. The fourth-order valence-corrected chi connectivity index (χ4v) is 3.39. The molecule has 0 aliphatic heterocycles. The lowest BCUT2D eigenvalue weighted by Crippen LogP contribution is -2.42. The highest BCUT2D eigenvalue weighted by molar-refractivity contribution is 6.30. The zero-order valence-corrected chi connectivity index (χ0v) is 19.6. The maximum atomic E-state index is 13.1. The Hall–Kier alpha value is -2.87. The van der Waals surface area contributed by atoms with Crippen LogP contribution >= 0.6 is 11.6 Å². The summed E-state index contributed by atoms with van der Waals surface area (Å²) >= 11 is 5.86. The van der Waals surface area contributed by atoms with Gasteiger partial charge in [0.2, 0.25) is 5.91 Å². The summed E-state index contributed by atoms with van der Waals surface area (Å²) in [6.45, 7) is 6.58. The molecular weight excluding hydrogens is 432 g/mol. The molecular formula is C23H31ClN4O4. The van der Waals surface area contributed by atoms with Gasteiger partial charge in [-0.15, -0.1) is 0 Å². The molecule has 0 unspecified atom stereocenters. The van der Waals surface area contributed by atoms with Gasteiger partial charge in [0, 0.05) is 36.5 Å². The molecule has 0 bridgehead atoms. The number of ketones is 1. The van der Waals surface area contributed by atoms with Gasteiger partial charge >= 0.3 is 5.69 Å². The smallest absolute Gasteiger partial charge is 0.330 e. The van der Waals surface area contributed by atoms with Gasteiger partial charge in [-0.1, -0.05) is 38.8 Å². The molecule has 0 aliphatic rings. The van der Waals surface area contributed by atoms with Crippen LogP contribution in [-0.2, 0) is 11.3 Å². The van der Waals surface area contributed by atoms with Crippen LogP contribution in [0.15, 0.2) is 33.9 Å². The molecule has 1 aromatic heterocycles. The molecule has 32 heavy (non-hydrogen) atoms. The van der Waals surface area contributed by atoms with Gasteiger partial charge in [0.25, 0.3) is 5.56 Å². The van der Waals surface area contributed by atoms with E-state index < -0.39 is 17.2 Å². The quantitative estimate of drug-likeness (QED) is 0.494. The minimum Gasteiger partial charge on any atom is -0.383 e. The summed E-state index contributed by atoms with van der Waals surface area (Å²) in [6.07, 6.45) is 2.05. The van der Waals surface area contributed by atoms with Gasteiger partial charge in [-0.2, -0.15) is 0 Å². The van der Waals surface area contributed by atoms with Crippen LogP contribution in [0.3, 0.4) is 0 Å². The number of carbonyl (C=O) groups excluding carboxylic acids is 2. The Morgan fingerprint density at radius 1 is 1.16 bits per heavy atom. The summed E-state index contributed by atoms with van der Waals surface area (Å²) in [5.74, 6) is -0.361. The highest BCUT2D eigenvalue weighted by atomic mass is 35.5. The number of anilines is 2. The molecule has 9 heteroatoms. The molecule has 2 rings (SSSR count). The molecule has 2 aromatic rings. The van der Waals surface area contributed by atoms with Gasteiger partial charge in [0.1, 0.15) is 5.82 Å². The van der Waals surface area contributed by atoms with Crippen LogP contribution in [0.5, 0.6) is 0 Å². The van der Waals surface area contributed by atoms with Crippen LogP contribution < -0.4 is 21.9 Å². The summed E-state index contributed by atoms with van der Waals surface area (Å²) in [4.78, 5) is 54.1. The fourth-order valence-electron chi connectivity index (χ4n) is 3.26. The van der Waals surface area contributed by atoms with E-state index in [0.29, 0.717) is 30.0 Å². The van der Waals surface area contributed by atoms with Crippen molar-refractivity contribution >= 4 is 34.8 Å². The second kappa shape index (κ2) is 11.7. The van der Waals surface area contributed by atoms with Crippen molar-refractivity contribution in [3.63, 3.8) is 0 Å². The average molecular weight is 463 g/mol. The van der Waals surface area contributed by atoms with E-state index in [1.165, 1.54) is 9.47 Å². The van der Waals surface area contributed by atoms with Crippen molar-refractivity contribution in [1.82, 2.24) is 9.55 Å². The van der Waals surface area contributed by atoms with Gasteiger partial charge in [-0.25, -0.2) is 4.79 Å². The number of Topliss-reactive ketones (excluding diaryl/α,β-unsaturated/α-hetero) is 1. The summed E-state index contributed by atoms with van der Waals surface area (Å²) in [5.41, 5.74) is 5.32. The van der Waals surface area contributed by atoms with Crippen LogP contribution in [0.4, 0.5) is 11.5 Å². The van der Waals surface area contributed by atoms with E-state index in [1.807, 2.05) is 20.8 Å². The van der Waals surface area contributed by atoms with E-state index >= 15 is 0 Å². The number of unbranched alkanes of at least 4 members (excludes halogenated alkanes) is 1. The highest BCUT2D eigenvalue weighted by Gasteiger charge is 2.25. The summed E-state index contributed by atoms with van der Waals surface area (Å²) in [7, 11) is 0. The number of benzene rings is 1. The van der Waals surface area contributed by atoms with Crippen molar-refractivity contribution in [2.24, 2.45) is 5.92 Å². The number of H-pyrrole nitrogens is 1. The molecule has 0 fully saturated rings. The van der Waals surface area contributed by atoms with E-state index in [-0.39, 0.29) is 42.6 Å². The fraction of sp³-hybridized carbons (Fsp3) is 0.478. The van der Waals surface area contributed by atoms with Crippen molar-refractivity contribution in [2.75, 3.05) is 17.2 Å². The minimum absolute atomic E-state index is 0.0219. The lowest BCUT2D eigenvalue weighted by atomic mass is 10.1. The average Bonchev–Trinajstić information content (AvgIpc) is 2.74. The highest BCUT2D eigenvalue weighted by Crippen LogP contribution is 2.21. The maximum absolute atomic E-state index is 13.1. The first-order chi connectivity index (χ1) is 15.1. The van der Waals surface area contributed by atoms with E-state index in [9.17, 15) is 19.2 Å². The Labute approximate surface area is 192 Å². The van der Waals surface area contributed by atoms with Crippen molar-refractivity contribution in [1.29, 1.82) is 0 Å². The Morgan fingerprint density at radius 2 is 1.81 bits per heavy atom. The van der Waals surface area contributed by atoms with Crippen LogP contribution in [0, 0.1) is 5.92 Å². The Kier molecular flexibility index (Phi) is 9.26. The maximum Gasteiger partial charge on any atom is 0.330 e. The van der Waals surface area contributed by atoms with Crippen LogP contribution in [0.25, 0.3) is 0 Å². The van der Waals surface area contributed by atoms with Crippen LogP contribution in [0.2, 0.25) is 5.02 Å². The summed E-state index contributed by atoms with van der Waals surface area (Å²) < 4.78 is 1.29. The van der Waals surface area contributed by atoms with Gasteiger partial charge in [-0.3, -0.25) is 23.9 Å². The number of halogens is 1. The number of nitrogens with zero attached hydrogens (tertiary/aromatic N) is 2. The molecule has 8 nitrogen and oxygen atoms in total. The SMILES string of the molecule is CCCCn1c(N)c(N(CCC(C)C)C(=O)CCC(=O)c2ccc(Cl)cc2)c(=O)[nH]c1=O. The molecule has 1 amide bonds. The number of rotatable bonds is 11.